The Bertz CT molecular complexity index is 117. The van der Waals surface area contributed by atoms with Gasteiger partial charge in [0.1, 0.15) is 0 Å². The number of nitrogens with zero attached hydrogens (tertiary/aromatic N) is 2. The van der Waals surface area contributed by atoms with E-state index in [1.165, 1.54) is 0 Å². The van der Waals surface area contributed by atoms with E-state index in [2.05, 4.69) is 5.22 Å². The standard InChI is InChI=1S/CH2N4O2/c2-4-5(3)1(6)7/h2-3H/p+1. The Balaban J connectivity index is 3.81. The van der Waals surface area contributed by atoms with E-state index >= 15 is 0 Å². The van der Waals surface area contributed by atoms with E-state index in [1.54, 1.807) is 0 Å². The van der Waals surface area contributed by atoms with Gasteiger partial charge in [0.05, 0.1) is 4.81 Å². The quantitative estimate of drug-likeness (QED) is 0.258. The SMILES string of the molecule is N=N[N+](=N)C(=O)O. The number of hydrogen-bond acceptors (Lipinski definition) is 3. The smallest absolute Gasteiger partial charge is 0.444 e. The van der Waals surface area contributed by atoms with Gasteiger partial charge in [-0.05, 0) is 0 Å². The Morgan fingerprint density at radius 3 is 2.29 bits per heavy atom. The maximum Gasteiger partial charge on any atom is 0.552 e. The number of nitrogens with one attached hydrogen (secondary N) is 2. The lowest BCUT2D eigenvalue weighted by molar-refractivity contribution is -0.550. The van der Waals surface area contributed by atoms with Crippen molar-refractivity contribution in [1.29, 1.82) is 11.1 Å². The van der Waals surface area contributed by atoms with E-state index in [1.807, 2.05) is 0 Å². The van der Waals surface area contributed by atoms with Crippen molar-refractivity contribution in [3.63, 3.8) is 0 Å². The molecule has 0 aliphatic heterocycles. The molecule has 6 nitrogen and oxygen atoms in total. The molecule has 0 saturated carbocycles. The Labute approximate surface area is 38.3 Å². The molecule has 0 spiro atoms. The summed E-state index contributed by atoms with van der Waals surface area (Å²) in [5.74, 6) is 0. The minimum atomic E-state index is -1.56. The molecule has 0 aromatic rings. The third kappa shape index (κ3) is 1.53. The second kappa shape index (κ2) is 1.96. The highest BCUT2D eigenvalue weighted by atomic mass is 16.4. The maximum absolute atomic E-state index is 9.46. The molecule has 38 valence electrons. The Morgan fingerprint density at radius 2 is 2.29 bits per heavy atom. The highest BCUT2D eigenvalue weighted by Crippen LogP contribution is 1.71. The van der Waals surface area contributed by atoms with Gasteiger partial charge in [0, 0.05) is 5.53 Å². The summed E-state index contributed by atoms with van der Waals surface area (Å²) in [6.45, 7) is 0. The third-order valence-corrected chi connectivity index (χ3v) is 0.281. The molecule has 0 unspecified atom stereocenters. The van der Waals surface area contributed by atoms with Gasteiger partial charge in [-0.25, -0.2) is 0 Å². The normalized spacial score (nSPS) is 7.43. The van der Waals surface area contributed by atoms with E-state index in [9.17, 15) is 4.79 Å². The minimum Gasteiger partial charge on any atom is -0.444 e. The molecule has 0 aliphatic carbocycles. The van der Waals surface area contributed by atoms with Gasteiger partial charge in [-0.15, -0.1) is 5.53 Å². The fourth-order valence-electron chi connectivity index (χ4n) is 0.0428. The first-order valence-electron chi connectivity index (χ1n) is 1.30. The van der Waals surface area contributed by atoms with Crippen LogP contribution in [0.3, 0.4) is 0 Å². The average molecular weight is 103 g/mol. The Kier molecular flexibility index (Phi) is 1.58. The van der Waals surface area contributed by atoms with Crippen molar-refractivity contribution >= 4 is 6.09 Å². The summed E-state index contributed by atoms with van der Waals surface area (Å²) >= 11 is 0. The van der Waals surface area contributed by atoms with Crippen LogP contribution in [0.15, 0.2) is 5.22 Å². The van der Waals surface area contributed by atoms with Crippen LogP contribution in [0.1, 0.15) is 0 Å². The molecule has 0 heterocycles. The summed E-state index contributed by atoms with van der Waals surface area (Å²) in [5, 5.41) is 9.95. The van der Waals surface area contributed by atoms with Crippen molar-refractivity contribution in [3.05, 3.63) is 0 Å². The van der Waals surface area contributed by atoms with Crippen LogP contribution in [0.4, 0.5) is 4.79 Å². The molecule has 0 fully saturated rings. The lowest BCUT2D eigenvalue weighted by Crippen LogP contribution is -2.06. The van der Waals surface area contributed by atoms with Gasteiger partial charge < -0.3 is 5.11 Å². The van der Waals surface area contributed by atoms with Crippen molar-refractivity contribution in [1.82, 2.24) is 0 Å². The summed E-state index contributed by atoms with van der Waals surface area (Å²) in [6, 6.07) is 0. The van der Waals surface area contributed by atoms with Gasteiger partial charge in [0.2, 0.25) is 0 Å². The fraction of sp³-hybridized carbons (Fsp3) is 0. The molecule has 0 radical (unpaired) electrons. The van der Waals surface area contributed by atoms with Crippen molar-refractivity contribution in [3.8, 4) is 0 Å². The topological polar surface area (TPSA) is 100 Å². The number of carbonyl (C=O) groups is 1. The van der Waals surface area contributed by atoms with Gasteiger partial charge in [0.15, 0.2) is 5.22 Å². The van der Waals surface area contributed by atoms with Gasteiger partial charge in [0.25, 0.3) is 0 Å². The van der Waals surface area contributed by atoms with Crippen LogP contribution in [0, 0.1) is 11.1 Å². The van der Waals surface area contributed by atoms with E-state index < -0.39 is 6.09 Å². The molecule has 0 rings (SSSR count). The van der Waals surface area contributed by atoms with Crippen LogP contribution in [0.2, 0.25) is 0 Å². The van der Waals surface area contributed by atoms with Crippen molar-refractivity contribution in [2.45, 2.75) is 0 Å². The van der Waals surface area contributed by atoms with E-state index in [-0.39, 0.29) is 4.81 Å². The molecular weight excluding hydrogens is 100 g/mol. The van der Waals surface area contributed by atoms with E-state index in [0.29, 0.717) is 0 Å². The minimum absolute atomic E-state index is 0.250. The summed E-state index contributed by atoms with van der Waals surface area (Å²) in [6.07, 6.45) is -1.56. The molecule has 3 N–H and O–H groups in total. The molecule has 0 aliphatic rings. The maximum atomic E-state index is 9.46. The first-order valence-corrected chi connectivity index (χ1v) is 1.30. The first-order chi connectivity index (χ1) is 3.18. The number of carboxylic acid groups (broad SMARTS) is 1. The Hall–Kier alpha value is -1.33. The van der Waals surface area contributed by atoms with Gasteiger partial charge >= 0.3 is 6.09 Å². The lowest BCUT2D eigenvalue weighted by Gasteiger charge is -1.72. The van der Waals surface area contributed by atoms with Crippen LogP contribution < -0.4 is 0 Å². The second-order valence-electron chi connectivity index (χ2n) is 0.694. The van der Waals surface area contributed by atoms with Gasteiger partial charge in [-0.1, -0.05) is 0 Å². The van der Waals surface area contributed by atoms with Crippen LogP contribution in [-0.2, 0) is 0 Å². The number of hydrogen-bond donors (Lipinski definition) is 3. The van der Waals surface area contributed by atoms with Crippen LogP contribution in [-0.4, -0.2) is 16.0 Å². The highest BCUT2D eigenvalue weighted by Gasteiger charge is 2.05. The zero-order valence-electron chi connectivity index (χ0n) is 3.25. The highest BCUT2D eigenvalue weighted by molar-refractivity contribution is 5.53. The van der Waals surface area contributed by atoms with Crippen molar-refractivity contribution in [2.24, 2.45) is 5.22 Å². The van der Waals surface area contributed by atoms with Crippen molar-refractivity contribution < 1.29 is 14.7 Å². The molecule has 0 aromatic carbocycles. The summed E-state index contributed by atoms with van der Waals surface area (Å²) in [4.78, 5) is 9.20. The first kappa shape index (κ1) is 5.67. The number of rotatable bonds is 1. The van der Waals surface area contributed by atoms with Crippen LogP contribution >= 0.6 is 0 Å². The molecule has 0 bridgehead atoms. The molecule has 0 aromatic heterocycles. The molecule has 0 saturated heterocycles. The average Bonchev–Trinajstić information content (AvgIpc) is 1.65. The second-order valence-corrected chi connectivity index (χ2v) is 0.694. The predicted octanol–water partition coefficient (Wildman–Crippen LogP) is 0.654. The molecule has 7 heavy (non-hydrogen) atoms. The van der Waals surface area contributed by atoms with Gasteiger partial charge in [-0.3, -0.25) is 0 Å². The van der Waals surface area contributed by atoms with Gasteiger partial charge in [-0.2, -0.15) is 4.79 Å². The molecule has 0 atom stereocenters. The molecule has 1 amide bonds. The third-order valence-electron chi connectivity index (χ3n) is 0.281. The monoisotopic (exact) mass is 103 g/mol. The zero-order chi connectivity index (χ0) is 5.86. The lowest BCUT2D eigenvalue weighted by atomic mass is 11.2. The van der Waals surface area contributed by atoms with E-state index in [4.69, 9.17) is 16.2 Å². The van der Waals surface area contributed by atoms with Crippen molar-refractivity contribution in [2.75, 3.05) is 0 Å². The van der Waals surface area contributed by atoms with Crippen LogP contribution in [0.5, 0.6) is 0 Å². The Morgan fingerprint density at radius 1 is 1.86 bits per heavy atom. The van der Waals surface area contributed by atoms with E-state index in [0.717, 1.165) is 0 Å². The number of amides is 1. The summed E-state index contributed by atoms with van der Waals surface area (Å²) < 4.78 is 0. The summed E-state index contributed by atoms with van der Waals surface area (Å²) in [5.41, 5.74) is 12.1. The zero-order valence-corrected chi connectivity index (χ0v) is 3.25. The predicted molar refractivity (Wildman–Crippen MR) is 16.2 cm³/mol. The molecular formula is CH3N4O2+. The summed E-state index contributed by atoms with van der Waals surface area (Å²) in [7, 11) is 0. The van der Waals surface area contributed by atoms with Crippen LogP contribution in [0.25, 0.3) is 0 Å². The largest absolute Gasteiger partial charge is 0.552 e. The fourth-order valence-corrected chi connectivity index (χ4v) is 0.0428. The molecule has 6 heteroatoms.